The van der Waals surface area contributed by atoms with E-state index >= 15 is 0 Å². The molecule has 0 spiro atoms. The number of hydrogen-bond acceptors (Lipinski definition) is 7. The molecule has 0 saturated carbocycles. The van der Waals surface area contributed by atoms with Gasteiger partial charge in [0.15, 0.2) is 5.69 Å². The average Bonchev–Trinajstić information content (AvgIpc) is 2.66. The monoisotopic (exact) mass is 416 g/mol. The van der Waals surface area contributed by atoms with Crippen LogP contribution in [-0.4, -0.2) is 32.9 Å². The van der Waals surface area contributed by atoms with E-state index in [0.29, 0.717) is 5.69 Å². The molecule has 2 rings (SSSR count). The number of carbonyl (C=O) groups excluding carboxylic acids is 1. The molecule has 0 radical (unpaired) electrons. The lowest BCUT2D eigenvalue weighted by Crippen LogP contribution is -2.44. The van der Waals surface area contributed by atoms with Crippen molar-refractivity contribution in [3.8, 4) is 0 Å². The fourth-order valence-corrected chi connectivity index (χ4v) is 2.68. The van der Waals surface area contributed by atoms with Crippen molar-refractivity contribution in [2.24, 2.45) is 5.92 Å². The van der Waals surface area contributed by atoms with Gasteiger partial charge in [0.1, 0.15) is 6.04 Å². The molecule has 0 aliphatic heterocycles. The topological polar surface area (TPSA) is 165 Å². The molecule has 1 atom stereocenters. The number of carbonyl (C=O) groups is 2. The summed E-state index contributed by atoms with van der Waals surface area (Å²) in [7, 11) is 0. The Hall–Kier alpha value is -4.02. The minimum atomic E-state index is -1.29. The van der Waals surface area contributed by atoms with E-state index in [1.54, 1.807) is 38.1 Å². The number of aliphatic carboxylic acids is 1. The minimum absolute atomic E-state index is 0.384. The van der Waals surface area contributed by atoms with Gasteiger partial charge in [0.2, 0.25) is 0 Å². The number of rotatable bonds is 8. The Morgan fingerprint density at radius 2 is 1.50 bits per heavy atom. The molecule has 11 heteroatoms. The van der Waals surface area contributed by atoms with Crippen molar-refractivity contribution in [2.75, 3.05) is 5.32 Å². The summed E-state index contributed by atoms with van der Waals surface area (Å²) < 4.78 is 0. The van der Waals surface area contributed by atoms with Gasteiger partial charge in [-0.2, -0.15) is 0 Å². The van der Waals surface area contributed by atoms with Crippen LogP contribution in [-0.2, 0) is 4.79 Å². The molecule has 158 valence electrons. The van der Waals surface area contributed by atoms with Crippen LogP contribution in [0, 0.1) is 33.1 Å². The van der Waals surface area contributed by atoms with E-state index in [9.17, 15) is 34.9 Å². The van der Waals surface area contributed by atoms with Crippen LogP contribution in [0.4, 0.5) is 22.7 Å². The number of benzene rings is 2. The maximum absolute atomic E-state index is 12.5. The minimum Gasteiger partial charge on any atom is -0.480 e. The Bertz CT molecular complexity index is 967. The van der Waals surface area contributed by atoms with Gasteiger partial charge in [0.25, 0.3) is 5.91 Å². The Morgan fingerprint density at radius 1 is 1.00 bits per heavy atom. The molecule has 0 aliphatic rings. The highest BCUT2D eigenvalue weighted by Gasteiger charge is 2.31. The maximum atomic E-state index is 12.5. The number of carboxylic acid groups (broad SMARTS) is 1. The molecule has 11 nitrogen and oxygen atoms in total. The zero-order valence-corrected chi connectivity index (χ0v) is 16.4. The van der Waals surface area contributed by atoms with Crippen LogP contribution >= 0.6 is 0 Å². The normalized spacial score (nSPS) is 11.6. The van der Waals surface area contributed by atoms with E-state index in [1.165, 1.54) is 0 Å². The summed E-state index contributed by atoms with van der Waals surface area (Å²) in [4.78, 5) is 45.2. The second-order valence-electron chi connectivity index (χ2n) is 6.93. The summed E-state index contributed by atoms with van der Waals surface area (Å²) in [6.07, 6.45) is 0. The van der Waals surface area contributed by atoms with Gasteiger partial charge >= 0.3 is 17.3 Å². The average molecular weight is 416 g/mol. The lowest BCUT2D eigenvalue weighted by molar-refractivity contribution is -0.392. The van der Waals surface area contributed by atoms with E-state index < -0.39 is 50.6 Å². The van der Waals surface area contributed by atoms with Crippen LogP contribution in [0.5, 0.6) is 0 Å². The molecular formula is C19H20N4O7. The second kappa shape index (κ2) is 8.99. The Labute approximate surface area is 171 Å². The third-order valence-electron chi connectivity index (χ3n) is 4.29. The summed E-state index contributed by atoms with van der Waals surface area (Å²) in [5.41, 5.74) is -0.846. The van der Waals surface area contributed by atoms with Gasteiger partial charge in [-0.05, 0) is 25.0 Å². The molecule has 2 aromatic carbocycles. The summed E-state index contributed by atoms with van der Waals surface area (Å²) in [6.45, 7) is 4.97. The third-order valence-corrected chi connectivity index (χ3v) is 4.29. The largest absolute Gasteiger partial charge is 0.480 e. The molecule has 0 bridgehead atoms. The zero-order valence-electron chi connectivity index (χ0n) is 16.4. The molecule has 0 heterocycles. The van der Waals surface area contributed by atoms with Gasteiger partial charge in [-0.25, -0.2) is 4.79 Å². The van der Waals surface area contributed by atoms with Crippen LogP contribution < -0.4 is 10.6 Å². The first-order valence-corrected chi connectivity index (χ1v) is 8.85. The SMILES string of the molecule is Cc1ccc(Nc2c([N+](=O)[O-])cc(C(=O)NC(C(=O)O)C(C)C)cc2[N+](=O)[O-])cc1. The number of nitrogens with one attached hydrogen (secondary N) is 2. The number of anilines is 2. The predicted octanol–water partition coefficient (Wildman–Crippen LogP) is 3.39. The fourth-order valence-electron chi connectivity index (χ4n) is 2.68. The quantitative estimate of drug-likeness (QED) is 0.435. The number of nitrogens with zero attached hydrogens (tertiary/aromatic N) is 2. The molecule has 3 N–H and O–H groups in total. The van der Waals surface area contributed by atoms with Crippen molar-refractivity contribution in [1.82, 2.24) is 5.32 Å². The van der Waals surface area contributed by atoms with E-state index in [1.807, 2.05) is 6.92 Å². The van der Waals surface area contributed by atoms with Crippen molar-refractivity contribution < 1.29 is 24.5 Å². The van der Waals surface area contributed by atoms with E-state index in [2.05, 4.69) is 10.6 Å². The van der Waals surface area contributed by atoms with Crippen LogP contribution in [0.3, 0.4) is 0 Å². The van der Waals surface area contributed by atoms with Crippen LogP contribution in [0.1, 0.15) is 29.8 Å². The lowest BCUT2D eigenvalue weighted by atomic mass is 10.0. The van der Waals surface area contributed by atoms with Crippen molar-refractivity contribution in [3.05, 3.63) is 67.8 Å². The standard InChI is InChI=1S/C19H20N4O7/c1-10(2)16(19(25)26)21-18(24)12-8-14(22(27)28)17(15(9-12)23(29)30)20-13-6-4-11(3)5-7-13/h4-10,16,20H,1-3H3,(H,21,24)(H,25,26). The van der Waals surface area contributed by atoms with Crippen LogP contribution in [0.2, 0.25) is 0 Å². The van der Waals surface area contributed by atoms with Crippen molar-refractivity contribution in [2.45, 2.75) is 26.8 Å². The Balaban J connectivity index is 2.53. The van der Waals surface area contributed by atoms with Gasteiger partial charge in [-0.3, -0.25) is 25.0 Å². The molecule has 0 fully saturated rings. The number of carboxylic acids is 1. The van der Waals surface area contributed by atoms with Crippen LogP contribution in [0.15, 0.2) is 36.4 Å². The van der Waals surface area contributed by atoms with Crippen molar-refractivity contribution >= 4 is 34.6 Å². The van der Waals surface area contributed by atoms with Gasteiger partial charge in [-0.1, -0.05) is 31.5 Å². The smallest absolute Gasteiger partial charge is 0.326 e. The number of hydrogen-bond donors (Lipinski definition) is 3. The predicted molar refractivity (Wildman–Crippen MR) is 108 cm³/mol. The van der Waals surface area contributed by atoms with Crippen molar-refractivity contribution in [1.29, 1.82) is 0 Å². The lowest BCUT2D eigenvalue weighted by Gasteiger charge is -2.18. The number of nitro benzene ring substituents is 2. The first-order valence-electron chi connectivity index (χ1n) is 8.85. The number of nitro groups is 2. The van der Waals surface area contributed by atoms with Gasteiger partial charge in [0.05, 0.1) is 15.4 Å². The number of amides is 1. The molecule has 0 aliphatic carbocycles. The Morgan fingerprint density at radius 3 is 1.90 bits per heavy atom. The molecule has 1 amide bonds. The summed E-state index contributed by atoms with van der Waals surface area (Å²) >= 11 is 0. The van der Waals surface area contributed by atoms with Gasteiger partial charge in [-0.15, -0.1) is 0 Å². The highest BCUT2D eigenvalue weighted by atomic mass is 16.6. The summed E-state index contributed by atoms with van der Waals surface area (Å²) in [6, 6.07) is 7.13. The molecule has 0 saturated heterocycles. The molecule has 1 unspecified atom stereocenters. The number of aryl methyl sites for hydroxylation is 1. The third kappa shape index (κ3) is 5.07. The first-order chi connectivity index (χ1) is 14.0. The van der Waals surface area contributed by atoms with Gasteiger partial charge < -0.3 is 15.7 Å². The van der Waals surface area contributed by atoms with E-state index in [4.69, 9.17) is 0 Å². The summed E-state index contributed by atoms with van der Waals surface area (Å²) in [5.74, 6) is -2.73. The fraction of sp³-hybridized carbons (Fsp3) is 0.263. The highest BCUT2D eigenvalue weighted by molar-refractivity contribution is 5.99. The van der Waals surface area contributed by atoms with Crippen LogP contribution in [0.25, 0.3) is 0 Å². The second-order valence-corrected chi connectivity index (χ2v) is 6.93. The van der Waals surface area contributed by atoms with Crippen molar-refractivity contribution in [3.63, 3.8) is 0 Å². The Kier molecular flexibility index (Phi) is 6.67. The summed E-state index contributed by atoms with van der Waals surface area (Å²) in [5, 5.41) is 37.3. The van der Waals surface area contributed by atoms with Gasteiger partial charge in [0, 0.05) is 17.8 Å². The van der Waals surface area contributed by atoms with E-state index in [-0.39, 0.29) is 5.69 Å². The molecular weight excluding hydrogens is 396 g/mol. The molecule has 30 heavy (non-hydrogen) atoms. The molecule has 0 aromatic heterocycles. The highest BCUT2D eigenvalue weighted by Crippen LogP contribution is 2.38. The molecule has 2 aromatic rings. The van der Waals surface area contributed by atoms with E-state index in [0.717, 1.165) is 17.7 Å². The zero-order chi connectivity index (χ0) is 22.6. The first kappa shape index (κ1) is 22.3. The maximum Gasteiger partial charge on any atom is 0.326 e.